The van der Waals surface area contributed by atoms with E-state index < -0.39 is 0 Å². The molecule has 72 valence electrons. The van der Waals surface area contributed by atoms with Crippen molar-refractivity contribution >= 4 is 39.8 Å². The van der Waals surface area contributed by atoms with E-state index in [1.807, 2.05) is 17.1 Å². The SMILES string of the molecule is Clc1csc(NC2CCSCC2)n1. The van der Waals surface area contributed by atoms with Crippen molar-refractivity contribution in [2.24, 2.45) is 0 Å². The van der Waals surface area contributed by atoms with Crippen molar-refractivity contribution in [1.29, 1.82) is 0 Å². The van der Waals surface area contributed by atoms with E-state index in [4.69, 9.17) is 11.6 Å². The number of hydrogen-bond donors (Lipinski definition) is 1. The fourth-order valence-corrected chi connectivity index (χ4v) is 3.36. The van der Waals surface area contributed by atoms with Gasteiger partial charge in [-0.15, -0.1) is 11.3 Å². The molecule has 2 nitrogen and oxygen atoms in total. The third kappa shape index (κ3) is 2.76. The third-order valence-corrected chi connectivity index (χ3v) is 4.17. The second kappa shape index (κ2) is 4.53. The number of thiazole rings is 1. The zero-order valence-electron chi connectivity index (χ0n) is 7.12. The van der Waals surface area contributed by atoms with Crippen molar-refractivity contribution in [3.05, 3.63) is 10.5 Å². The average molecular weight is 235 g/mol. The number of anilines is 1. The maximum atomic E-state index is 5.73. The molecular formula is C8H11ClN2S2. The molecule has 0 aromatic carbocycles. The van der Waals surface area contributed by atoms with Gasteiger partial charge in [0.2, 0.25) is 0 Å². The van der Waals surface area contributed by atoms with E-state index in [-0.39, 0.29) is 0 Å². The van der Waals surface area contributed by atoms with E-state index in [1.54, 1.807) is 11.3 Å². The molecule has 2 heterocycles. The summed E-state index contributed by atoms with van der Waals surface area (Å²) in [5, 5.41) is 6.83. The predicted molar refractivity (Wildman–Crippen MR) is 61.1 cm³/mol. The first-order valence-corrected chi connectivity index (χ1v) is 6.71. The Morgan fingerprint density at radius 1 is 1.46 bits per heavy atom. The molecule has 0 unspecified atom stereocenters. The van der Waals surface area contributed by atoms with Gasteiger partial charge in [-0.2, -0.15) is 11.8 Å². The number of thioether (sulfide) groups is 1. The molecule has 0 saturated carbocycles. The summed E-state index contributed by atoms with van der Waals surface area (Å²) in [6, 6.07) is 0.600. The average Bonchev–Trinajstić information content (AvgIpc) is 2.53. The Morgan fingerprint density at radius 2 is 2.23 bits per heavy atom. The van der Waals surface area contributed by atoms with E-state index in [1.165, 1.54) is 24.3 Å². The lowest BCUT2D eigenvalue weighted by Gasteiger charge is -2.21. The van der Waals surface area contributed by atoms with Crippen LogP contribution in [0, 0.1) is 0 Å². The lowest BCUT2D eigenvalue weighted by Crippen LogP contribution is -2.24. The summed E-state index contributed by atoms with van der Waals surface area (Å²) in [5.41, 5.74) is 0. The minimum absolute atomic E-state index is 0.595. The number of nitrogens with zero attached hydrogens (tertiary/aromatic N) is 1. The fourth-order valence-electron chi connectivity index (χ4n) is 1.34. The van der Waals surface area contributed by atoms with E-state index in [0.29, 0.717) is 11.2 Å². The van der Waals surface area contributed by atoms with Gasteiger partial charge in [0, 0.05) is 11.4 Å². The summed E-state index contributed by atoms with van der Waals surface area (Å²) < 4.78 is 0. The molecule has 0 aliphatic carbocycles. The minimum atomic E-state index is 0.595. The van der Waals surface area contributed by atoms with Crippen LogP contribution in [0.15, 0.2) is 5.38 Å². The van der Waals surface area contributed by atoms with Gasteiger partial charge in [-0.25, -0.2) is 4.98 Å². The molecule has 0 bridgehead atoms. The van der Waals surface area contributed by atoms with Crippen LogP contribution in [0.5, 0.6) is 0 Å². The number of nitrogens with one attached hydrogen (secondary N) is 1. The van der Waals surface area contributed by atoms with E-state index in [0.717, 1.165) is 5.13 Å². The van der Waals surface area contributed by atoms with Crippen molar-refractivity contribution in [1.82, 2.24) is 4.98 Å². The lowest BCUT2D eigenvalue weighted by atomic mass is 10.2. The first kappa shape index (κ1) is 9.62. The van der Waals surface area contributed by atoms with Gasteiger partial charge in [-0.1, -0.05) is 11.6 Å². The van der Waals surface area contributed by atoms with E-state index in [2.05, 4.69) is 10.3 Å². The van der Waals surface area contributed by atoms with Gasteiger partial charge in [0.05, 0.1) is 0 Å². The van der Waals surface area contributed by atoms with Crippen LogP contribution >= 0.6 is 34.7 Å². The molecular weight excluding hydrogens is 224 g/mol. The second-order valence-electron chi connectivity index (χ2n) is 3.01. The summed E-state index contributed by atoms with van der Waals surface area (Å²) in [5.74, 6) is 2.52. The molecule has 5 heteroatoms. The van der Waals surface area contributed by atoms with Gasteiger partial charge in [0.15, 0.2) is 5.13 Å². The van der Waals surface area contributed by atoms with E-state index >= 15 is 0 Å². The first-order valence-electron chi connectivity index (χ1n) is 4.30. The number of hydrogen-bond acceptors (Lipinski definition) is 4. The van der Waals surface area contributed by atoms with E-state index in [9.17, 15) is 0 Å². The highest BCUT2D eigenvalue weighted by Gasteiger charge is 2.14. The molecule has 13 heavy (non-hydrogen) atoms. The molecule has 1 aromatic heterocycles. The third-order valence-electron chi connectivity index (χ3n) is 2.03. The fraction of sp³-hybridized carbons (Fsp3) is 0.625. The first-order chi connectivity index (χ1) is 6.34. The molecule has 1 saturated heterocycles. The topological polar surface area (TPSA) is 24.9 Å². The highest BCUT2D eigenvalue weighted by atomic mass is 35.5. The summed E-state index contributed by atoms with van der Waals surface area (Å²) in [7, 11) is 0. The van der Waals surface area contributed by atoms with Crippen LogP contribution in [0.3, 0.4) is 0 Å². The van der Waals surface area contributed by atoms with Gasteiger partial charge < -0.3 is 5.32 Å². The van der Waals surface area contributed by atoms with Crippen molar-refractivity contribution in [2.45, 2.75) is 18.9 Å². The molecule has 2 rings (SSSR count). The summed E-state index contributed by atoms with van der Waals surface area (Å²) in [4.78, 5) is 4.17. The Labute approximate surface area is 91.1 Å². The summed E-state index contributed by atoms with van der Waals surface area (Å²) in [6.07, 6.45) is 2.48. The molecule has 0 atom stereocenters. The number of rotatable bonds is 2. The van der Waals surface area contributed by atoms with Gasteiger partial charge >= 0.3 is 0 Å². The molecule has 1 N–H and O–H groups in total. The summed E-state index contributed by atoms with van der Waals surface area (Å²) >= 11 is 9.35. The Balaban J connectivity index is 1.89. The molecule has 1 aromatic rings. The Bertz CT molecular complexity index is 271. The molecule has 0 amide bonds. The van der Waals surface area contributed by atoms with Crippen LogP contribution in [0.25, 0.3) is 0 Å². The normalized spacial score (nSPS) is 18.8. The van der Waals surface area contributed by atoms with Crippen molar-refractivity contribution < 1.29 is 0 Å². The minimum Gasteiger partial charge on any atom is -0.359 e. The molecule has 0 radical (unpaired) electrons. The smallest absolute Gasteiger partial charge is 0.184 e. The largest absolute Gasteiger partial charge is 0.359 e. The van der Waals surface area contributed by atoms with Gasteiger partial charge in [-0.3, -0.25) is 0 Å². The second-order valence-corrected chi connectivity index (χ2v) is 5.48. The van der Waals surface area contributed by atoms with Crippen molar-refractivity contribution in [2.75, 3.05) is 16.8 Å². The molecule has 0 spiro atoms. The number of aromatic nitrogens is 1. The van der Waals surface area contributed by atoms with Gasteiger partial charge in [0.1, 0.15) is 5.15 Å². The van der Waals surface area contributed by atoms with Crippen LogP contribution in [0.4, 0.5) is 5.13 Å². The predicted octanol–water partition coefficient (Wildman–Crippen LogP) is 3.10. The Hall–Kier alpha value is 0.0700. The maximum Gasteiger partial charge on any atom is 0.184 e. The van der Waals surface area contributed by atoms with Crippen LogP contribution in [0.2, 0.25) is 5.15 Å². The number of halogens is 1. The standard InChI is InChI=1S/C8H11ClN2S2/c9-7-5-13-8(11-7)10-6-1-3-12-4-2-6/h5-6H,1-4H2,(H,10,11). The maximum absolute atomic E-state index is 5.73. The summed E-state index contributed by atoms with van der Waals surface area (Å²) in [6.45, 7) is 0. The Morgan fingerprint density at radius 3 is 2.85 bits per heavy atom. The molecule has 1 fully saturated rings. The monoisotopic (exact) mass is 234 g/mol. The van der Waals surface area contributed by atoms with Crippen molar-refractivity contribution in [3.8, 4) is 0 Å². The molecule has 1 aliphatic heterocycles. The zero-order valence-corrected chi connectivity index (χ0v) is 9.51. The highest BCUT2D eigenvalue weighted by Crippen LogP contribution is 2.24. The van der Waals surface area contributed by atoms with Crippen LogP contribution < -0.4 is 5.32 Å². The van der Waals surface area contributed by atoms with Crippen LogP contribution in [-0.4, -0.2) is 22.5 Å². The van der Waals surface area contributed by atoms with Crippen molar-refractivity contribution in [3.63, 3.8) is 0 Å². The zero-order chi connectivity index (χ0) is 9.10. The Kier molecular flexibility index (Phi) is 3.35. The highest BCUT2D eigenvalue weighted by molar-refractivity contribution is 7.99. The van der Waals surface area contributed by atoms with Gasteiger partial charge in [0.25, 0.3) is 0 Å². The van der Waals surface area contributed by atoms with Crippen LogP contribution in [0.1, 0.15) is 12.8 Å². The van der Waals surface area contributed by atoms with Crippen LogP contribution in [-0.2, 0) is 0 Å². The quantitative estimate of drug-likeness (QED) is 0.851. The molecule has 1 aliphatic rings. The lowest BCUT2D eigenvalue weighted by molar-refractivity contribution is 0.666. The van der Waals surface area contributed by atoms with Gasteiger partial charge in [-0.05, 0) is 24.3 Å².